The molecule has 6 nitrogen and oxygen atoms in total. The Bertz CT molecular complexity index is 1090. The van der Waals surface area contributed by atoms with Crippen molar-refractivity contribution in [2.24, 2.45) is 0 Å². The molecule has 1 atom stereocenters. The normalized spacial score (nSPS) is 16.0. The molecular weight excluding hydrogens is 367 g/mol. The van der Waals surface area contributed by atoms with Crippen LogP contribution in [0.3, 0.4) is 0 Å². The van der Waals surface area contributed by atoms with E-state index in [1.54, 1.807) is 13.1 Å². The van der Waals surface area contributed by atoms with Crippen molar-refractivity contribution in [1.29, 1.82) is 0 Å². The molecule has 4 rings (SSSR count). The fourth-order valence-electron chi connectivity index (χ4n) is 3.30. The molecule has 0 radical (unpaired) electrons. The van der Waals surface area contributed by atoms with Gasteiger partial charge in [-0.05, 0) is 57.0 Å². The van der Waals surface area contributed by atoms with Gasteiger partial charge in [0, 0.05) is 18.2 Å². The minimum absolute atomic E-state index is 0.0209. The molecule has 3 aromatic rings. The summed E-state index contributed by atoms with van der Waals surface area (Å²) in [6.45, 7) is 4.43. The second kappa shape index (κ2) is 6.69. The van der Waals surface area contributed by atoms with Gasteiger partial charge in [0.15, 0.2) is 0 Å². The van der Waals surface area contributed by atoms with E-state index in [4.69, 9.17) is 0 Å². The van der Waals surface area contributed by atoms with Crippen molar-refractivity contribution in [3.8, 4) is 0 Å². The van der Waals surface area contributed by atoms with E-state index in [1.807, 2.05) is 11.5 Å². The number of fused-ring (bicyclic) bond motifs is 1. The van der Waals surface area contributed by atoms with Crippen molar-refractivity contribution in [3.63, 3.8) is 0 Å². The standard InChI is InChI=1S/C19H21FN4O2S/c1-3-24-18-10-16(13-4-5-13)21-11-17(18)22-19(24)12(2)23-27(25,26)15-8-6-14(20)7-9-15/h6-13,23H,3-5H2,1-2H3/t12-/m1/s1. The summed E-state index contributed by atoms with van der Waals surface area (Å²) >= 11 is 0. The minimum Gasteiger partial charge on any atom is -0.327 e. The summed E-state index contributed by atoms with van der Waals surface area (Å²) in [5, 5.41) is 0. The van der Waals surface area contributed by atoms with Crippen LogP contribution >= 0.6 is 0 Å². The minimum atomic E-state index is -3.78. The van der Waals surface area contributed by atoms with Gasteiger partial charge in [0.25, 0.3) is 0 Å². The van der Waals surface area contributed by atoms with Crippen molar-refractivity contribution < 1.29 is 12.8 Å². The van der Waals surface area contributed by atoms with Gasteiger partial charge in [-0.1, -0.05) is 0 Å². The predicted molar refractivity (Wildman–Crippen MR) is 100 cm³/mol. The van der Waals surface area contributed by atoms with E-state index >= 15 is 0 Å². The van der Waals surface area contributed by atoms with Crippen molar-refractivity contribution >= 4 is 21.1 Å². The highest BCUT2D eigenvalue weighted by atomic mass is 32.2. The first-order chi connectivity index (χ1) is 12.9. The second-order valence-electron chi connectivity index (χ2n) is 6.88. The molecule has 0 bridgehead atoms. The van der Waals surface area contributed by atoms with Crippen LogP contribution < -0.4 is 4.72 Å². The Morgan fingerprint density at radius 2 is 2.00 bits per heavy atom. The Morgan fingerprint density at radius 1 is 1.30 bits per heavy atom. The lowest BCUT2D eigenvalue weighted by Crippen LogP contribution is -2.28. The zero-order chi connectivity index (χ0) is 19.2. The summed E-state index contributed by atoms with van der Waals surface area (Å²) in [6.07, 6.45) is 4.10. The molecule has 1 aliphatic carbocycles. The Labute approximate surface area is 157 Å². The summed E-state index contributed by atoms with van der Waals surface area (Å²) in [5.74, 6) is 0.689. The highest BCUT2D eigenvalue weighted by Gasteiger charge is 2.27. The number of halogens is 1. The summed E-state index contributed by atoms with van der Waals surface area (Å²) in [5.41, 5.74) is 2.80. The van der Waals surface area contributed by atoms with Crippen LogP contribution in [0.5, 0.6) is 0 Å². The Balaban J connectivity index is 1.67. The molecule has 1 saturated carbocycles. The van der Waals surface area contributed by atoms with Gasteiger partial charge in [-0.2, -0.15) is 0 Å². The predicted octanol–water partition coefficient (Wildman–Crippen LogP) is 3.51. The zero-order valence-corrected chi connectivity index (χ0v) is 16.0. The van der Waals surface area contributed by atoms with Gasteiger partial charge in [0.05, 0.1) is 22.7 Å². The fourth-order valence-corrected chi connectivity index (χ4v) is 4.50. The number of imidazole rings is 1. The molecule has 0 spiro atoms. The highest BCUT2D eigenvalue weighted by Crippen LogP contribution is 2.39. The first kappa shape index (κ1) is 18.1. The Hall–Kier alpha value is -2.32. The third kappa shape index (κ3) is 3.46. The molecule has 8 heteroatoms. The number of hydrogen-bond acceptors (Lipinski definition) is 4. The molecular formula is C19H21FN4O2S. The van der Waals surface area contributed by atoms with Crippen LogP contribution in [0.1, 0.15) is 50.2 Å². The molecule has 0 aliphatic heterocycles. The number of aryl methyl sites for hydroxylation is 1. The van der Waals surface area contributed by atoms with E-state index in [-0.39, 0.29) is 4.90 Å². The summed E-state index contributed by atoms with van der Waals surface area (Å²) < 4.78 is 43.0. The average molecular weight is 388 g/mol. The van der Waals surface area contributed by atoms with Gasteiger partial charge in [0.2, 0.25) is 10.0 Å². The quantitative estimate of drug-likeness (QED) is 0.701. The van der Waals surface area contributed by atoms with Crippen LogP contribution in [0.15, 0.2) is 41.4 Å². The smallest absolute Gasteiger partial charge is 0.241 e. The molecule has 0 saturated heterocycles. The number of sulfonamides is 1. The molecule has 0 amide bonds. The van der Waals surface area contributed by atoms with E-state index in [0.29, 0.717) is 18.3 Å². The third-order valence-electron chi connectivity index (χ3n) is 4.84. The number of nitrogens with one attached hydrogen (secondary N) is 1. The second-order valence-corrected chi connectivity index (χ2v) is 8.60. The van der Waals surface area contributed by atoms with Crippen LogP contribution in [0.4, 0.5) is 4.39 Å². The number of benzene rings is 1. The lowest BCUT2D eigenvalue weighted by molar-refractivity contribution is 0.549. The maximum absolute atomic E-state index is 13.1. The van der Waals surface area contributed by atoms with Crippen molar-refractivity contribution in [2.45, 2.75) is 50.1 Å². The molecule has 1 aliphatic rings. The zero-order valence-electron chi connectivity index (χ0n) is 15.2. The summed E-state index contributed by atoms with van der Waals surface area (Å²) in [4.78, 5) is 9.13. The molecule has 142 valence electrons. The van der Waals surface area contributed by atoms with Crippen LogP contribution in [0.25, 0.3) is 11.0 Å². The number of nitrogens with zero attached hydrogens (tertiary/aromatic N) is 3. The van der Waals surface area contributed by atoms with E-state index in [0.717, 1.165) is 28.9 Å². The van der Waals surface area contributed by atoms with Gasteiger partial charge < -0.3 is 4.57 Å². The maximum atomic E-state index is 13.1. The first-order valence-electron chi connectivity index (χ1n) is 9.03. The van der Waals surface area contributed by atoms with Gasteiger partial charge in [-0.3, -0.25) is 4.98 Å². The van der Waals surface area contributed by atoms with Crippen molar-refractivity contribution in [3.05, 3.63) is 53.9 Å². The van der Waals surface area contributed by atoms with E-state index in [2.05, 4.69) is 20.8 Å². The van der Waals surface area contributed by atoms with Gasteiger partial charge in [-0.25, -0.2) is 22.5 Å². The molecule has 1 fully saturated rings. The van der Waals surface area contributed by atoms with E-state index in [1.165, 1.54) is 25.0 Å². The van der Waals surface area contributed by atoms with Crippen LogP contribution in [0, 0.1) is 5.82 Å². The molecule has 27 heavy (non-hydrogen) atoms. The Kier molecular flexibility index (Phi) is 4.47. The fraction of sp³-hybridized carbons (Fsp3) is 0.368. The molecule has 1 aromatic carbocycles. The number of aromatic nitrogens is 3. The third-order valence-corrected chi connectivity index (χ3v) is 6.40. The molecule has 2 heterocycles. The number of hydrogen-bond donors (Lipinski definition) is 1. The van der Waals surface area contributed by atoms with Gasteiger partial charge >= 0.3 is 0 Å². The maximum Gasteiger partial charge on any atom is 0.241 e. The van der Waals surface area contributed by atoms with Crippen LogP contribution in [0.2, 0.25) is 0 Å². The number of rotatable bonds is 6. The van der Waals surface area contributed by atoms with Crippen LogP contribution in [-0.4, -0.2) is 23.0 Å². The molecule has 2 aromatic heterocycles. The lowest BCUT2D eigenvalue weighted by Gasteiger charge is -2.15. The largest absolute Gasteiger partial charge is 0.327 e. The van der Waals surface area contributed by atoms with Crippen molar-refractivity contribution in [2.75, 3.05) is 0 Å². The highest BCUT2D eigenvalue weighted by molar-refractivity contribution is 7.89. The molecule has 0 unspecified atom stereocenters. The van der Waals surface area contributed by atoms with E-state index in [9.17, 15) is 12.8 Å². The van der Waals surface area contributed by atoms with Crippen LogP contribution in [-0.2, 0) is 16.6 Å². The SMILES string of the molecule is CCn1c([C@@H](C)NS(=O)(=O)c2ccc(F)cc2)nc2cnc(C3CC3)cc21. The lowest BCUT2D eigenvalue weighted by atomic mass is 10.2. The monoisotopic (exact) mass is 388 g/mol. The summed E-state index contributed by atoms with van der Waals surface area (Å²) in [7, 11) is -3.78. The van der Waals surface area contributed by atoms with Crippen molar-refractivity contribution in [1.82, 2.24) is 19.3 Å². The Morgan fingerprint density at radius 3 is 2.63 bits per heavy atom. The summed E-state index contributed by atoms with van der Waals surface area (Å²) in [6, 6.07) is 6.28. The van der Waals surface area contributed by atoms with Gasteiger partial charge in [0.1, 0.15) is 17.2 Å². The van der Waals surface area contributed by atoms with E-state index < -0.39 is 21.9 Å². The molecule has 1 N–H and O–H groups in total. The average Bonchev–Trinajstić information content (AvgIpc) is 3.41. The van der Waals surface area contributed by atoms with Gasteiger partial charge in [-0.15, -0.1) is 0 Å². The topological polar surface area (TPSA) is 76.9 Å². The first-order valence-corrected chi connectivity index (χ1v) is 10.5. The number of pyridine rings is 1.